The Morgan fingerprint density at radius 1 is 1.41 bits per heavy atom. The van der Waals surface area contributed by atoms with Crippen molar-refractivity contribution in [1.29, 1.82) is 0 Å². The van der Waals surface area contributed by atoms with Crippen LogP contribution in [0.25, 0.3) is 0 Å². The zero-order valence-corrected chi connectivity index (χ0v) is 10.2. The quantitative estimate of drug-likeness (QED) is 0.607. The summed E-state index contributed by atoms with van der Waals surface area (Å²) in [5.41, 5.74) is 5.66. The van der Waals surface area contributed by atoms with Crippen LogP contribution in [0.15, 0.2) is 0 Å². The van der Waals surface area contributed by atoms with Crippen LogP contribution in [-0.4, -0.2) is 66.4 Å². The van der Waals surface area contributed by atoms with E-state index in [9.17, 15) is 9.59 Å². The minimum absolute atomic E-state index is 0.0361. The summed E-state index contributed by atoms with van der Waals surface area (Å²) in [6.07, 6.45) is 0.651. The second-order valence-electron chi connectivity index (χ2n) is 4.68. The Bertz CT molecular complexity index is 315. The molecule has 0 aromatic carbocycles. The Morgan fingerprint density at radius 3 is 2.59 bits per heavy atom. The highest BCUT2D eigenvalue weighted by molar-refractivity contribution is 5.90. The van der Waals surface area contributed by atoms with Crippen molar-refractivity contribution in [2.45, 2.75) is 25.4 Å². The number of likely N-dealkylation sites (tertiary alicyclic amines) is 1. The lowest BCUT2D eigenvalue weighted by molar-refractivity contribution is -0.143. The third-order valence-corrected chi connectivity index (χ3v) is 3.53. The molecule has 6 nitrogen and oxygen atoms in total. The van der Waals surface area contributed by atoms with Gasteiger partial charge in [-0.3, -0.25) is 9.59 Å². The fourth-order valence-electron chi connectivity index (χ4n) is 2.39. The molecule has 2 atom stereocenters. The zero-order valence-electron chi connectivity index (χ0n) is 10.2. The first-order valence-corrected chi connectivity index (χ1v) is 6.17. The molecule has 2 aliphatic rings. The highest BCUT2D eigenvalue weighted by Gasteiger charge is 2.36. The molecular weight excluding hydrogens is 220 g/mol. The number of nitrogens with one attached hydrogen (secondary N) is 1. The first-order chi connectivity index (χ1) is 8.11. The Hall–Kier alpha value is -1.14. The van der Waals surface area contributed by atoms with E-state index in [-0.39, 0.29) is 17.9 Å². The smallest absolute Gasteiger partial charge is 0.245 e. The number of nitrogens with zero attached hydrogens (tertiary/aromatic N) is 2. The Balaban J connectivity index is 1.97. The highest BCUT2D eigenvalue weighted by Crippen LogP contribution is 2.14. The fraction of sp³-hybridized carbons (Fsp3) is 0.818. The first kappa shape index (κ1) is 12.3. The van der Waals surface area contributed by atoms with Gasteiger partial charge in [0.15, 0.2) is 0 Å². The van der Waals surface area contributed by atoms with E-state index in [1.807, 2.05) is 4.90 Å². The summed E-state index contributed by atoms with van der Waals surface area (Å²) < 4.78 is 0. The fourth-order valence-corrected chi connectivity index (χ4v) is 2.39. The minimum atomic E-state index is -0.423. The van der Waals surface area contributed by atoms with E-state index < -0.39 is 6.04 Å². The van der Waals surface area contributed by atoms with Gasteiger partial charge in [-0.05, 0) is 13.3 Å². The van der Waals surface area contributed by atoms with E-state index in [2.05, 4.69) is 5.32 Å². The molecule has 3 N–H and O–H groups in total. The van der Waals surface area contributed by atoms with Crippen LogP contribution in [0.5, 0.6) is 0 Å². The predicted octanol–water partition coefficient (Wildman–Crippen LogP) is -1.63. The number of carbonyl (C=O) groups is 2. The molecular formula is C11H20N4O2. The number of rotatable bonds is 2. The molecule has 0 saturated carbocycles. The molecule has 96 valence electrons. The van der Waals surface area contributed by atoms with Crippen LogP contribution in [0.4, 0.5) is 0 Å². The van der Waals surface area contributed by atoms with Crippen LogP contribution in [0.2, 0.25) is 0 Å². The van der Waals surface area contributed by atoms with Crippen molar-refractivity contribution in [1.82, 2.24) is 15.1 Å². The summed E-state index contributed by atoms with van der Waals surface area (Å²) in [7, 11) is 0. The number of piperazine rings is 1. The lowest BCUT2D eigenvalue weighted by atomic mass is 10.2. The summed E-state index contributed by atoms with van der Waals surface area (Å²) in [6, 6.07) is -0.803. The van der Waals surface area contributed by atoms with Gasteiger partial charge in [0.05, 0.1) is 6.04 Å². The van der Waals surface area contributed by atoms with Gasteiger partial charge in [0.1, 0.15) is 6.04 Å². The molecule has 0 aliphatic carbocycles. The van der Waals surface area contributed by atoms with Crippen LogP contribution in [-0.2, 0) is 9.59 Å². The molecule has 2 amide bonds. The van der Waals surface area contributed by atoms with Gasteiger partial charge in [0, 0.05) is 32.7 Å². The van der Waals surface area contributed by atoms with Crippen LogP contribution >= 0.6 is 0 Å². The predicted molar refractivity (Wildman–Crippen MR) is 63.2 cm³/mol. The van der Waals surface area contributed by atoms with Crippen molar-refractivity contribution < 1.29 is 9.59 Å². The Morgan fingerprint density at radius 2 is 2.06 bits per heavy atom. The summed E-state index contributed by atoms with van der Waals surface area (Å²) in [5, 5.41) is 3.20. The van der Waals surface area contributed by atoms with Crippen molar-refractivity contribution in [2.75, 3.05) is 32.7 Å². The van der Waals surface area contributed by atoms with Gasteiger partial charge in [-0.1, -0.05) is 0 Å². The molecule has 2 rings (SSSR count). The second kappa shape index (κ2) is 5.01. The lowest BCUT2D eigenvalue weighted by Crippen LogP contribution is -2.54. The third kappa shape index (κ3) is 2.42. The van der Waals surface area contributed by atoms with Gasteiger partial charge < -0.3 is 20.9 Å². The van der Waals surface area contributed by atoms with Crippen LogP contribution in [0, 0.1) is 0 Å². The number of hydrogen-bond acceptors (Lipinski definition) is 4. The first-order valence-electron chi connectivity index (χ1n) is 6.17. The van der Waals surface area contributed by atoms with Crippen LogP contribution in [0.1, 0.15) is 13.3 Å². The lowest BCUT2D eigenvalue weighted by Gasteiger charge is -2.33. The topological polar surface area (TPSA) is 78.7 Å². The van der Waals surface area contributed by atoms with Crippen LogP contribution < -0.4 is 11.1 Å². The van der Waals surface area contributed by atoms with E-state index in [4.69, 9.17) is 5.73 Å². The normalized spacial score (nSPS) is 27.4. The van der Waals surface area contributed by atoms with Gasteiger partial charge in [0.2, 0.25) is 11.8 Å². The summed E-state index contributed by atoms with van der Waals surface area (Å²) in [6.45, 7) is 5.48. The molecule has 0 aromatic heterocycles. The highest BCUT2D eigenvalue weighted by atomic mass is 16.2. The van der Waals surface area contributed by atoms with Gasteiger partial charge in [0.25, 0.3) is 0 Å². The molecule has 2 fully saturated rings. The van der Waals surface area contributed by atoms with Crippen molar-refractivity contribution >= 4 is 11.8 Å². The standard InChI is InChI=1S/C11H20N4O2/c1-8(15-5-2-9(12)11(15)17)10(16)14-6-3-13-4-7-14/h8-9,13H,2-7,12H2,1H3/t8-,9-/m0/s1. The third-order valence-electron chi connectivity index (χ3n) is 3.53. The van der Waals surface area contributed by atoms with Crippen LogP contribution in [0.3, 0.4) is 0 Å². The maximum absolute atomic E-state index is 12.2. The monoisotopic (exact) mass is 240 g/mol. The van der Waals surface area contributed by atoms with Crippen molar-refractivity contribution in [3.05, 3.63) is 0 Å². The van der Waals surface area contributed by atoms with Gasteiger partial charge in [-0.15, -0.1) is 0 Å². The van der Waals surface area contributed by atoms with Crippen molar-refractivity contribution in [3.63, 3.8) is 0 Å². The molecule has 2 heterocycles. The van der Waals surface area contributed by atoms with Crippen molar-refractivity contribution in [2.24, 2.45) is 5.73 Å². The van der Waals surface area contributed by atoms with E-state index in [0.717, 1.165) is 26.2 Å². The molecule has 2 saturated heterocycles. The molecule has 0 aromatic rings. The number of carbonyl (C=O) groups excluding carboxylic acids is 2. The van der Waals surface area contributed by atoms with E-state index in [1.54, 1.807) is 11.8 Å². The van der Waals surface area contributed by atoms with E-state index >= 15 is 0 Å². The SMILES string of the molecule is C[C@@H](C(=O)N1CCNCC1)N1CC[C@H](N)C1=O. The van der Waals surface area contributed by atoms with E-state index in [0.29, 0.717) is 13.0 Å². The molecule has 0 bridgehead atoms. The summed E-state index contributed by atoms with van der Waals surface area (Å²) in [5.74, 6) is -0.0602. The summed E-state index contributed by atoms with van der Waals surface area (Å²) >= 11 is 0. The Kier molecular flexibility index (Phi) is 3.63. The largest absolute Gasteiger partial charge is 0.338 e. The minimum Gasteiger partial charge on any atom is -0.338 e. The molecule has 17 heavy (non-hydrogen) atoms. The summed E-state index contributed by atoms with van der Waals surface area (Å²) in [4.78, 5) is 27.4. The molecule has 0 spiro atoms. The zero-order chi connectivity index (χ0) is 12.4. The van der Waals surface area contributed by atoms with Gasteiger partial charge in [-0.2, -0.15) is 0 Å². The maximum Gasteiger partial charge on any atom is 0.245 e. The second-order valence-corrected chi connectivity index (χ2v) is 4.68. The average molecular weight is 240 g/mol. The van der Waals surface area contributed by atoms with Gasteiger partial charge in [-0.25, -0.2) is 0 Å². The molecule has 0 radical (unpaired) electrons. The average Bonchev–Trinajstić information content (AvgIpc) is 2.69. The number of nitrogens with two attached hydrogens (primary N) is 1. The number of amides is 2. The Labute approximate surface area is 101 Å². The molecule has 0 unspecified atom stereocenters. The van der Waals surface area contributed by atoms with Gasteiger partial charge >= 0.3 is 0 Å². The molecule has 6 heteroatoms. The van der Waals surface area contributed by atoms with Crippen molar-refractivity contribution in [3.8, 4) is 0 Å². The maximum atomic E-state index is 12.2. The molecule has 2 aliphatic heterocycles. The van der Waals surface area contributed by atoms with E-state index in [1.165, 1.54) is 0 Å². The number of hydrogen-bond donors (Lipinski definition) is 2.